The zero-order chi connectivity index (χ0) is 21.1. The quantitative estimate of drug-likeness (QED) is 0.289. The van der Waals surface area contributed by atoms with Crippen LogP contribution in [0.15, 0.2) is 41.3 Å². The van der Waals surface area contributed by atoms with Crippen molar-refractivity contribution >= 4 is 35.7 Å². The molecule has 3 rings (SSSR count). The molecule has 2 atom stereocenters. The van der Waals surface area contributed by atoms with Gasteiger partial charge < -0.3 is 24.4 Å². The largest absolute Gasteiger partial charge is 0.508 e. The number of ether oxygens (including phenoxy) is 3. The van der Waals surface area contributed by atoms with Crippen molar-refractivity contribution in [3.63, 3.8) is 0 Å². The number of phenolic OH excluding ortho intramolecular Hbond substituents is 1. The lowest BCUT2D eigenvalue weighted by Crippen LogP contribution is -2.65. The Morgan fingerprint density at radius 1 is 1.28 bits per heavy atom. The first-order valence-electron chi connectivity index (χ1n) is 8.52. The molecule has 1 aromatic carbocycles. The number of carbonyl (C=O) groups excluding carboxylic acids is 2. The van der Waals surface area contributed by atoms with Crippen molar-refractivity contribution in [1.29, 1.82) is 0 Å². The fraction of sp³-hybridized carbons (Fsp3) is 0.316. The maximum absolute atomic E-state index is 12.3. The number of benzene rings is 1. The molecule has 154 valence electrons. The number of thioether (sulfide) groups is 1. The molecule has 29 heavy (non-hydrogen) atoms. The van der Waals surface area contributed by atoms with Gasteiger partial charge in [0.1, 0.15) is 23.4 Å². The van der Waals surface area contributed by atoms with Crippen molar-refractivity contribution in [3.05, 3.63) is 46.9 Å². The van der Waals surface area contributed by atoms with Crippen LogP contribution in [0.5, 0.6) is 5.75 Å². The molecule has 0 saturated carbocycles. The summed E-state index contributed by atoms with van der Waals surface area (Å²) in [6.45, 7) is -0.294. The highest BCUT2D eigenvalue weighted by Gasteiger charge is 2.54. The molecular formula is C19H19NO8S. The molecule has 0 aliphatic carbocycles. The van der Waals surface area contributed by atoms with Gasteiger partial charge in [0.2, 0.25) is 5.76 Å². The summed E-state index contributed by atoms with van der Waals surface area (Å²) < 4.78 is 15.4. The van der Waals surface area contributed by atoms with Gasteiger partial charge in [-0.15, -0.1) is 11.8 Å². The van der Waals surface area contributed by atoms with Crippen LogP contribution in [0.2, 0.25) is 0 Å². The third kappa shape index (κ3) is 4.08. The van der Waals surface area contributed by atoms with E-state index < -0.39 is 29.3 Å². The van der Waals surface area contributed by atoms with Gasteiger partial charge in [-0.3, -0.25) is 9.69 Å². The first kappa shape index (κ1) is 20.7. The molecular weight excluding hydrogens is 402 g/mol. The van der Waals surface area contributed by atoms with E-state index in [2.05, 4.69) is 0 Å². The van der Waals surface area contributed by atoms with E-state index in [0.717, 1.165) is 4.90 Å². The molecule has 0 unspecified atom stereocenters. The van der Waals surface area contributed by atoms with E-state index in [1.807, 2.05) is 0 Å². The highest BCUT2D eigenvalue weighted by atomic mass is 32.2. The highest BCUT2D eigenvalue weighted by Crippen LogP contribution is 2.41. The van der Waals surface area contributed by atoms with Gasteiger partial charge in [0.05, 0.1) is 7.11 Å². The molecule has 0 radical (unpaired) electrons. The van der Waals surface area contributed by atoms with E-state index in [1.165, 1.54) is 44.2 Å². The second-order valence-electron chi connectivity index (χ2n) is 6.20. The Hall–Kier alpha value is -2.98. The first-order valence-corrected chi connectivity index (χ1v) is 9.57. The normalized spacial score (nSPS) is 21.4. The molecule has 0 spiro atoms. The van der Waals surface area contributed by atoms with Crippen molar-refractivity contribution in [1.82, 2.24) is 4.90 Å². The first-order chi connectivity index (χ1) is 13.9. The molecule has 0 aromatic heterocycles. The van der Waals surface area contributed by atoms with Crippen LogP contribution in [0, 0.1) is 0 Å². The Bertz CT molecular complexity index is 892. The second kappa shape index (κ2) is 8.58. The SMILES string of the molecule is COC(=Cc1ccc(O)cc1)C(=O)OCC1=C(C(=O)O)N2C(=O)[C@@H](OC)[C@@H]2SC1. The van der Waals surface area contributed by atoms with Gasteiger partial charge in [0.25, 0.3) is 5.91 Å². The van der Waals surface area contributed by atoms with Gasteiger partial charge in [-0.05, 0) is 23.8 Å². The highest BCUT2D eigenvalue weighted by molar-refractivity contribution is 8.00. The molecule has 1 amide bonds. The topological polar surface area (TPSA) is 123 Å². The molecule has 9 nitrogen and oxygen atoms in total. The number of β-lactam (4-membered cyclic amide) rings is 1. The van der Waals surface area contributed by atoms with Gasteiger partial charge in [-0.2, -0.15) is 0 Å². The Balaban J connectivity index is 1.74. The minimum Gasteiger partial charge on any atom is -0.508 e. The van der Waals surface area contributed by atoms with Gasteiger partial charge in [-0.1, -0.05) is 12.1 Å². The monoisotopic (exact) mass is 421 g/mol. The Kier molecular flexibility index (Phi) is 6.14. The number of carboxylic acid groups (broad SMARTS) is 1. The molecule has 1 saturated heterocycles. The number of hydrogen-bond donors (Lipinski definition) is 2. The van der Waals surface area contributed by atoms with E-state index >= 15 is 0 Å². The van der Waals surface area contributed by atoms with E-state index in [1.54, 1.807) is 12.1 Å². The number of aromatic hydroxyl groups is 1. The smallest absolute Gasteiger partial charge is 0.373 e. The lowest BCUT2D eigenvalue weighted by Gasteiger charge is -2.48. The molecule has 0 bridgehead atoms. The number of esters is 1. The van der Waals surface area contributed by atoms with Crippen molar-refractivity contribution in [2.45, 2.75) is 11.5 Å². The lowest BCUT2D eigenvalue weighted by molar-refractivity contribution is -0.162. The summed E-state index contributed by atoms with van der Waals surface area (Å²) in [6.07, 6.45) is 0.758. The van der Waals surface area contributed by atoms with Gasteiger partial charge in [-0.25, -0.2) is 9.59 Å². The van der Waals surface area contributed by atoms with Crippen LogP contribution in [0.4, 0.5) is 0 Å². The molecule has 1 fully saturated rings. The van der Waals surface area contributed by atoms with Crippen LogP contribution < -0.4 is 0 Å². The minimum absolute atomic E-state index is 0.0844. The third-order valence-corrected chi connectivity index (χ3v) is 5.76. The number of amides is 1. The number of hydrogen-bond acceptors (Lipinski definition) is 8. The van der Waals surface area contributed by atoms with E-state index in [9.17, 15) is 24.6 Å². The number of aliphatic carboxylic acids is 1. The zero-order valence-electron chi connectivity index (χ0n) is 15.7. The van der Waals surface area contributed by atoms with Gasteiger partial charge >= 0.3 is 11.9 Å². The summed E-state index contributed by atoms with van der Waals surface area (Å²) in [6, 6.07) is 6.10. The van der Waals surface area contributed by atoms with Crippen LogP contribution in [0.25, 0.3) is 6.08 Å². The summed E-state index contributed by atoms with van der Waals surface area (Å²) in [5.74, 6) is -2.20. The molecule has 2 aliphatic rings. The minimum atomic E-state index is -1.27. The van der Waals surface area contributed by atoms with E-state index in [0.29, 0.717) is 11.1 Å². The van der Waals surface area contributed by atoms with Crippen molar-refractivity contribution < 1.29 is 38.8 Å². The number of carbonyl (C=O) groups is 3. The number of fused-ring (bicyclic) bond motifs is 1. The van der Waals surface area contributed by atoms with Crippen LogP contribution in [-0.4, -0.2) is 71.0 Å². The third-order valence-electron chi connectivity index (χ3n) is 4.44. The second-order valence-corrected chi connectivity index (χ2v) is 7.31. The van der Waals surface area contributed by atoms with Crippen LogP contribution >= 0.6 is 11.8 Å². The fourth-order valence-corrected chi connectivity index (χ4v) is 4.34. The Morgan fingerprint density at radius 3 is 2.55 bits per heavy atom. The van der Waals surface area contributed by atoms with Crippen molar-refractivity contribution in [2.24, 2.45) is 0 Å². The fourth-order valence-electron chi connectivity index (χ4n) is 2.99. The van der Waals surface area contributed by atoms with Crippen LogP contribution in [0.1, 0.15) is 5.56 Å². The molecule has 2 N–H and O–H groups in total. The maximum Gasteiger partial charge on any atom is 0.373 e. The van der Waals surface area contributed by atoms with Crippen molar-refractivity contribution in [3.8, 4) is 5.75 Å². The van der Waals surface area contributed by atoms with Crippen molar-refractivity contribution in [2.75, 3.05) is 26.6 Å². The zero-order valence-corrected chi connectivity index (χ0v) is 16.5. The molecule has 2 aliphatic heterocycles. The lowest BCUT2D eigenvalue weighted by atomic mass is 10.1. The standard InChI is InChI=1S/C19H19NO8S/c1-26-13(7-10-3-5-12(21)6-4-10)19(25)28-8-11-9-29-17-15(27-2)16(22)20(17)14(11)18(23)24/h3-7,15,17,21H,8-9H2,1-2H3,(H,23,24)/t15-,17+/m1/s1. The maximum atomic E-state index is 12.3. The van der Waals surface area contributed by atoms with E-state index in [-0.39, 0.29) is 29.6 Å². The predicted octanol–water partition coefficient (Wildman–Crippen LogP) is 1.19. The average Bonchev–Trinajstić information content (AvgIpc) is 2.71. The number of nitrogens with zero attached hydrogens (tertiary/aromatic N) is 1. The summed E-state index contributed by atoms with van der Waals surface area (Å²) in [5.41, 5.74) is 0.742. The molecule has 1 aromatic rings. The Labute approximate surface area is 170 Å². The van der Waals surface area contributed by atoms with Crippen LogP contribution in [-0.2, 0) is 28.6 Å². The summed E-state index contributed by atoms with van der Waals surface area (Å²) in [4.78, 5) is 37.4. The van der Waals surface area contributed by atoms with Gasteiger partial charge in [0.15, 0.2) is 6.10 Å². The number of carboxylic acids is 1. The predicted molar refractivity (Wildman–Crippen MR) is 103 cm³/mol. The summed E-state index contributed by atoms with van der Waals surface area (Å²) in [5, 5.41) is 18.5. The number of methoxy groups -OCH3 is 2. The number of rotatable bonds is 7. The molecule has 10 heteroatoms. The number of phenols is 1. The summed E-state index contributed by atoms with van der Waals surface area (Å²) >= 11 is 1.35. The van der Waals surface area contributed by atoms with Crippen LogP contribution in [0.3, 0.4) is 0 Å². The van der Waals surface area contributed by atoms with Gasteiger partial charge in [0, 0.05) is 18.4 Å². The Morgan fingerprint density at radius 2 is 1.97 bits per heavy atom. The average molecular weight is 421 g/mol. The van der Waals surface area contributed by atoms with E-state index in [4.69, 9.17) is 14.2 Å². The molecule has 2 heterocycles. The summed E-state index contributed by atoms with van der Waals surface area (Å²) in [7, 11) is 2.70.